The first-order valence-electron chi connectivity index (χ1n) is 8.41. The summed E-state index contributed by atoms with van der Waals surface area (Å²) in [7, 11) is -4.08. The molecule has 2 bridgehead atoms. The second-order valence-corrected chi connectivity index (χ2v) is 9.17. The topological polar surface area (TPSA) is 118 Å². The van der Waals surface area contributed by atoms with E-state index in [2.05, 4.69) is 5.32 Å². The lowest BCUT2D eigenvalue weighted by Crippen LogP contribution is -2.42. The quantitative estimate of drug-likeness (QED) is 0.598. The lowest BCUT2D eigenvalue weighted by molar-refractivity contribution is -0.128. The molecule has 2 unspecified atom stereocenters. The number of amides is 2. The first kappa shape index (κ1) is 18.7. The molecule has 2 N–H and O–H groups in total. The number of carbonyl (C=O) groups is 3. The van der Waals surface area contributed by atoms with Gasteiger partial charge in [0, 0.05) is 6.42 Å². The van der Waals surface area contributed by atoms with Crippen LogP contribution in [-0.4, -0.2) is 36.3 Å². The number of nitrogens with one attached hydrogen (secondary N) is 1. The highest BCUT2D eigenvalue weighted by atomic mass is 32.2. The Morgan fingerprint density at radius 2 is 1.65 bits per heavy atom. The van der Waals surface area contributed by atoms with Gasteiger partial charge in [-0.25, -0.2) is 0 Å². The highest BCUT2D eigenvalue weighted by Crippen LogP contribution is 2.64. The number of hydrogen-bond donors (Lipinski definition) is 2. The van der Waals surface area contributed by atoms with E-state index in [1.54, 1.807) is 24.3 Å². The van der Waals surface area contributed by atoms with Gasteiger partial charge < -0.3 is 0 Å². The summed E-state index contributed by atoms with van der Waals surface area (Å²) in [4.78, 5) is 33.8. The minimum Gasteiger partial charge on any atom is -0.299 e. The molecule has 2 fully saturated rings. The van der Waals surface area contributed by atoms with Gasteiger partial charge in [0.1, 0.15) is 5.78 Å². The molecule has 1 aliphatic heterocycles. The zero-order chi connectivity index (χ0) is 19.3. The zero-order valence-electron chi connectivity index (χ0n) is 14.6. The maximum atomic E-state index is 11.9. The standard InChI is InChI=1S/C10H16O4S.C8H5NO2/c1-9(2)7-3-4-10(9,8(11)5-7)6-15(12,13)14;10-7-5-3-1-2-4-6(5)8(11)9-7/h7H,3-6H2,1-2H3,(H,12,13,14);1-4H,(H,9,10,11). The van der Waals surface area contributed by atoms with Crippen molar-refractivity contribution in [3.8, 4) is 0 Å². The number of Topliss-reactive ketones (excluding diaryl/α,β-unsaturated/α-hetero) is 1. The largest absolute Gasteiger partial charge is 0.299 e. The third-order valence-corrected chi connectivity index (χ3v) is 7.07. The van der Waals surface area contributed by atoms with Crippen LogP contribution >= 0.6 is 0 Å². The first-order chi connectivity index (χ1) is 12.0. The van der Waals surface area contributed by atoms with Crippen LogP contribution in [0.4, 0.5) is 0 Å². The van der Waals surface area contributed by atoms with Crippen LogP contribution in [0.1, 0.15) is 53.8 Å². The van der Waals surface area contributed by atoms with Gasteiger partial charge in [-0.1, -0.05) is 26.0 Å². The molecule has 0 aromatic heterocycles. The second kappa shape index (κ2) is 5.99. The van der Waals surface area contributed by atoms with Crippen LogP contribution in [0, 0.1) is 16.7 Å². The SMILES string of the molecule is CC1(C)C2CCC1(CS(=O)(=O)O)C(=O)C2.O=C1NC(=O)c2ccccc21. The molecule has 1 aromatic rings. The van der Waals surface area contributed by atoms with Gasteiger partial charge >= 0.3 is 0 Å². The molecule has 0 saturated heterocycles. The van der Waals surface area contributed by atoms with Crippen molar-refractivity contribution in [2.75, 3.05) is 5.75 Å². The van der Waals surface area contributed by atoms with Crippen LogP contribution in [0.25, 0.3) is 0 Å². The van der Waals surface area contributed by atoms with Gasteiger partial charge in [-0.2, -0.15) is 8.42 Å². The molecule has 140 valence electrons. The smallest absolute Gasteiger partial charge is 0.265 e. The van der Waals surface area contributed by atoms with Crippen LogP contribution in [-0.2, 0) is 14.9 Å². The molecule has 4 rings (SSSR count). The molecule has 0 spiro atoms. The predicted molar refractivity (Wildman–Crippen MR) is 93.2 cm³/mol. The molecule has 2 amide bonds. The Hall–Kier alpha value is -2.06. The van der Waals surface area contributed by atoms with Crippen molar-refractivity contribution in [3.63, 3.8) is 0 Å². The predicted octanol–water partition coefficient (Wildman–Crippen LogP) is 1.84. The molecule has 2 aliphatic carbocycles. The van der Waals surface area contributed by atoms with E-state index in [1.807, 2.05) is 13.8 Å². The third kappa shape index (κ3) is 2.87. The number of carbonyl (C=O) groups excluding carboxylic acids is 3. The van der Waals surface area contributed by atoms with Crippen molar-refractivity contribution in [2.45, 2.75) is 33.1 Å². The van der Waals surface area contributed by atoms with Crippen molar-refractivity contribution in [1.29, 1.82) is 0 Å². The summed E-state index contributed by atoms with van der Waals surface area (Å²) >= 11 is 0. The summed E-state index contributed by atoms with van der Waals surface area (Å²) in [5, 5.41) is 2.20. The Kier molecular flexibility index (Phi) is 4.31. The number of ketones is 1. The van der Waals surface area contributed by atoms with E-state index in [0.717, 1.165) is 6.42 Å². The van der Waals surface area contributed by atoms with E-state index in [-0.39, 0.29) is 28.9 Å². The summed E-state index contributed by atoms with van der Waals surface area (Å²) in [6.45, 7) is 3.89. The third-order valence-electron chi connectivity index (χ3n) is 6.21. The van der Waals surface area contributed by atoms with Crippen molar-refractivity contribution >= 4 is 27.7 Å². The minimum absolute atomic E-state index is 0.0152. The fourth-order valence-electron chi connectivity index (χ4n) is 4.54. The van der Waals surface area contributed by atoms with E-state index in [4.69, 9.17) is 4.55 Å². The van der Waals surface area contributed by atoms with Gasteiger partial charge in [0.15, 0.2) is 0 Å². The summed E-state index contributed by atoms with van der Waals surface area (Å²) in [5.41, 5.74) is -0.180. The molecule has 26 heavy (non-hydrogen) atoms. The number of fused-ring (bicyclic) bond motifs is 3. The fourth-order valence-corrected chi connectivity index (χ4v) is 5.84. The molecule has 1 heterocycles. The summed E-state index contributed by atoms with van der Waals surface area (Å²) in [5.74, 6) is -0.702. The Labute approximate surface area is 151 Å². The van der Waals surface area contributed by atoms with Crippen LogP contribution in [0.15, 0.2) is 24.3 Å². The summed E-state index contributed by atoms with van der Waals surface area (Å²) < 4.78 is 31.0. The van der Waals surface area contributed by atoms with Crippen molar-refractivity contribution in [1.82, 2.24) is 5.32 Å². The van der Waals surface area contributed by atoms with Crippen molar-refractivity contribution in [3.05, 3.63) is 35.4 Å². The van der Waals surface area contributed by atoms with Crippen LogP contribution in [0.2, 0.25) is 0 Å². The summed E-state index contributed by atoms with van der Waals surface area (Å²) in [6, 6.07) is 6.74. The van der Waals surface area contributed by atoms with E-state index in [9.17, 15) is 22.8 Å². The average molecular weight is 379 g/mol. The lowest BCUT2D eigenvalue weighted by atomic mass is 9.70. The number of benzene rings is 1. The average Bonchev–Trinajstić information content (AvgIpc) is 3.02. The molecule has 1 aromatic carbocycles. The van der Waals surface area contributed by atoms with Gasteiger partial charge in [-0.3, -0.25) is 24.3 Å². The molecular weight excluding hydrogens is 358 g/mol. The number of hydrogen-bond acceptors (Lipinski definition) is 5. The van der Waals surface area contributed by atoms with Crippen LogP contribution < -0.4 is 5.32 Å². The van der Waals surface area contributed by atoms with E-state index in [1.165, 1.54) is 0 Å². The summed E-state index contributed by atoms with van der Waals surface area (Å²) in [6.07, 6.45) is 1.97. The molecule has 0 radical (unpaired) electrons. The zero-order valence-corrected chi connectivity index (χ0v) is 15.4. The normalized spacial score (nSPS) is 28.4. The molecule has 8 heteroatoms. The van der Waals surface area contributed by atoms with Gasteiger partial charge in [0.25, 0.3) is 21.9 Å². The van der Waals surface area contributed by atoms with Gasteiger partial charge in [0.2, 0.25) is 0 Å². The van der Waals surface area contributed by atoms with E-state index < -0.39 is 21.3 Å². The van der Waals surface area contributed by atoms with Crippen LogP contribution in [0.3, 0.4) is 0 Å². The van der Waals surface area contributed by atoms with E-state index >= 15 is 0 Å². The van der Waals surface area contributed by atoms with Gasteiger partial charge in [0.05, 0.1) is 22.3 Å². The molecule has 2 atom stereocenters. The first-order valence-corrected chi connectivity index (χ1v) is 10.0. The molecule has 3 aliphatic rings. The monoisotopic (exact) mass is 379 g/mol. The minimum atomic E-state index is -4.08. The molecular formula is C18H21NO6S. The Bertz CT molecular complexity index is 871. The van der Waals surface area contributed by atoms with Crippen LogP contribution in [0.5, 0.6) is 0 Å². The Morgan fingerprint density at radius 1 is 1.12 bits per heavy atom. The second-order valence-electron chi connectivity index (χ2n) is 7.72. The highest BCUT2D eigenvalue weighted by Gasteiger charge is 2.65. The number of rotatable bonds is 2. The van der Waals surface area contributed by atoms with E-state index in [0.29, 0.717) is 24.0 Å². The number of imide groups is 1. The fraction of sp³-hybridized carbons (Fsp3) is 0.500. The molecule has 7 nitrogen and oxygen atoms in total. The Morgan fingerprint density at radius 3 is 2.04 bits per heavy atom. The molecule has 2 saturated carbocycles. The van der Waals surface area contributed by atoms with Crippen molar-refractivity contribution < 1.29 is 27.4 Å². The van der Waals surface area contributed by atoms with Gasteiger partial charge in [-0.05, 0) is 36.3 Å². The maximum Gasteiger partial charge on any atom is 0.265 e. The van der Waals surface area contributed by atoms with Gasteiger partial charge in [-0.15, -0.1) is 0 Å². The Balaban J connectivity index is 0.000000158. The maximum absolute atomic E-state index is 11.9. The van der Waals surface area contributed by atoms with Crippen molar-refractivity contribution in [2.24, 2.45) is 16.7 Å². The lowest BCUT2D eigenvalue weighted by Gasteiger charge is -2.35. The highest BCUT2D eigenvalue weighted by molar-refractivity contribution is 7.85.